The number of hydrogen-bond acceptors (Lipinski definition) is 3. The molecule has 1 aliphatic rings. The molecule has 1 N–H and O–H groups in total. The topological polar surface area (TPSA) is 32.3 Å². The fourth-order valence-electron chi connectivity index (χ4n) is 2.00. The third kappa shape index (κ3) is 3.32. The Morgan fingerprint density at radius 1 is 1.56 bits per heavy atom. The van der Waals surface area contributed by atoms with Gasteiger partial charge in [0.15, 0.2) is 0 Å². The van der Waals surface area contributed by atoms with Crippen LogP contribution in [0.15, 0.2) is 17.5 Å². The van der Waals surface area contributed by atoms with Crippen molar-refractivity contribution in [3.63, 3.8) is 0 Å². The minimum absolute atomic E-state index is 0.164. The van der Waals surface area contributed by atoms with Crippen molar-refractivity contribution in [1.29, 1.82) is 0 Å². The van der Waals surface area contributed by atoms with Crippen LogP contribution in [0.5, 0.6) is 0 Å². The van der Waals surface area contributed by atoms with Gasteiger partial charge < -0.3 is 10.2 Å². The lowest BCUT2D eigenvalue weighted by molar-refractivity contribution is -0.121. The number of carbonyl (C=O) groups is 1. The van der Waals surface area contributed by atoms with E-state index in [9.17, 15) is 4.79 Å². The van der Waals surface area contributed by atoms with Gasteiger partial charge in [0, 0.05) is 10.9 Å². The molecule has 2 heterocycles. The molecule has 0 atom stereocenters. The molecule has 16 heavy (non-hydrogen) atoms. The Bertz CT molecular complexity index is 329. The van der Waals surface area contributed by atoms with Gasteiger partial charge in [-0.1, -0.05) is 6.07 Å². The van der Waals surface area contributed by atoms with Gasteiger partial charge in [0.1, 0.15) is 0 Å². The maximum Gasteiger partial charge on any atom is 0.225 e. The van der Waals surface area contributed by atoms with Crippen molar-refractivity contribution >= 4 is 17.2 Å². The van der Waals surface area contributed by atoms with Gasteiger partial charge in [0.05, 0.1) is 6.42 Å². The Hall–Kier alpha value is -0.870. The van der Waals surface area contributed by atoms with Gasteiger partial charge in [-0.15, -0.1) is 11.3 Å². The summed E-state index contributed by atoms with van der Waals surface area (Å²) in [5.74, 6) is 0.164. The number of piperidine rings is 1. The molecule has 1 aliphatic heterocycles. The Kier molecular flexibility index (Phi) is 3.96. The highest BCUT2D eigenvalue weighted by atomic mass is 32.1. The van der Waals surface area contributed by atoms with Crippen LogP contribution in [0.3, 0.4) is 0 Å². The summed E-state index contributed by atoms with van der Waals surface area (Å²) in [5.41, 5.74) is 0. The zero-order chi connectivity index (χ0) is 11.4. The van der Waals surface area contributed by atoms with Crippen LogP contribution in [0.2, 0.25) is 0 Å². The van der Waals surface area contributed by atoms with E-state index in [1.807, 2.05) is 17.5 Å². The standard InChI is InChI=1S/C12H18N2OS/c1-14-6-4-10(5-7-14)13-12(15)9-11-3-2-8-16-11/h2-3,8,10H,4-7,9H2,1H3,(H,13,15). The molecule has 1 amide bonds. The van der Waals surface area contributed by atoms with Crippen molar-refractivity contribution in [3.05, 3.63) is 22.4 Å². The van der Waals surface area contributed by atoms with Gasteiger partial charge in [-0.2, -0.15) is 0 Å². The summed E-state index contributed by atoms with van der Waals surface area (Å²) in [6.07, 6.45) is 2.68. The van der Waals surface area contributed by atoms with Crippen molar-refractivity contribution in [3.8, 4) is 0 Å². The second-order valence-electron chi connectivity index (χ2n) is 4.40. The van der Waals surface area contributed by atoms with E-state index in [2.05, 4.69) is 17.3 Å². The van der Waals surface area contributed by atoms with Gasteiger partial charge in [-0.3, -0.25) is 4.79 Å². The number of rotatable bonds is 3. The third-order valence-corrected chi connectivity index (χ3v) is 3.87. The molecule has 0 radical (unpaired) electrons. The molecule has 0 aromatic carbocycles. The highest BCUT2D eigenvalue weighted by Gasteiger charge is 2.18. The Labute approximate surface area is 100 Å². The van der Waals surface area contributed by atoms with E-state index in [0.29, 0.717) is 12.5 Å². The molecule has 0 spiro atoms. The average molecular weight is 238 g/mol. The number of thiophene rings is 1. The summed E-state index contributed by atoms with van der Waals surface area (Å²) < 4.78 is 0. The summed E-state index contributed by atoms with van der Waals surface area (Å²) in [4.78, 5) is 15.2. The van der Waals surface area contributed by atoms with Gasteiger partial charge in [-0.05, 0) is 44.4 Å². The summed E-state index contributed by atoms with van der Waals surface area (Å²) in [7, 11) is 2.13. The molecule has 1 fully saturated rings. The van der Waals surface area contributed by atoms with Crippen LogP contribution >= 0.6 is 11.3 Å². The highest BCUT2D eigenvalue weighted by molar-refractivity contribution is 7.10. The van der Waals surface area contributed by atoms with Crippen LogP contribution in [-0.2, 0) is 11.2 Å². The predicted molar refractivity (Wildman–Crippen MR) is 66.7 cm³/mol. The number of nitrogens with zero attached hydrogens (tertiary/aromatic N) is 1. The van der Waals surface area contributed by atoms with Gasteiger partial charge in [-0.25, -0.2) is 0 Å². The van der Waals surface area contributed by atoms with Crippen molar-refractivity contribution < 1.29 is 4.79 Å². The first-order chi connectivity index (χ1) is 7.74. The Balaban J connectivity index is 1.75. The van der Waals surface area contributed by atoms with Gasteiger partial charge in [0.2, 0.25) is 5.91 Å². The first-order valence-electron chi connectivity index (χ1n) is 5.74. The van der Waals surface area contributed by atoms with Crippen molar-refractivity contribution in [2.45, 2.75) is 25.3 Å². The Morgan fingerprint density at radius 2 is 2.31 bits per heavy atom. The predicted octanol–water partition coefficient (Wildman–Crippen LogP) is 1.50. The fraction of sp³-hybridized carbons (Fsp3) is 0.583. The first-order valence-corrected chi connectivity index (χ1v) is 6.62. The highest BCUT2D eigenvalue weighted by Crippen LogP contribution is 2.11. The quantitative estimate of drug-likeness (QED) is 0.865. The summed E-state index contributed by atoms with van der Waals surface area (Å²) in [5, 5.41) is 5.13. The molecule has 4 heteroatoms. The van der Waals surface area contributed by atoms with Crippen molar-refractivity contribution in [2.24, 2.45) is 0 Å². The number of hydrogen-bond donors (Lipinski definition) is 1. The van der Waals surface area contributed by atoms with E-state index in [0.717, 1.165) is 30.8 Å². The molecule has 0 saturated carbocycles. The number of amides is 1. The molecule has 2 rings (SSSR count). The molecule has 0 unspecified atom stereocenters. The molecule has 1 saturated heterocycles. The van der Waals surface area contributed by atoms with Crippen LogP contribution in [0, 0.1) is 0 Å². The number of carbonyl (C=O) groups excluding carboxylic acids is 1. The molecule has 3 nitrogen and oxygen atoms in total. The van der Waals surface area contributed by atoms with Crippen LogP contribution in [-0.4, -0.2) is 37.0 Å². The van der Waals surface area contributed by atoms with Crippen LogP contribution < -0.4 is 5.32 Å². The van der Waals surface area contributed by atoms with Crippen LogP contribution in [0.25, 0.3) is 0 Å². The summed E-state index contributed by atoms with van der Waals surface area (Å²) >= 11 is 1.64. The summed E-state index contributed by atoms with van der Waals surface area (Å²) in [6.45, 7) is 2.17. The van der Waals surface area contributed by atoms with E-state index in [-0.39, 0.29) is 5.91 Å². The van der Waals surface area contributed by atoms with Gasteiger partial charge in [0.25, 0.3) is 0 Å². The zero-order valence-electron chi connectivity index (χ0n) is 9.61. The van der Waals surface area contributed by atoms with E-state index in [1.165, 1.54) is 0 Å². The second-order valence-corrected chi connectivity index (χ2v) is 5.43. The molecule has 0 aliphatic carbocycles. The molecule has 88 valence electrons. The monoisotopic (exact) mass is 238 g/mol. The summed E-state index contributed by atoms with van der Waals surface area (Å²) in [6, 6.07) is 4.38. The zero-order valence-corrected chi connectivity index (χ0v) is 10.4. The van der Waals surface area contributed by atoms with Crippen molar-refractivity contribution in [2.75, 3.05) is 20.1 Å². The lowest BCUT2D eigenvalue weighted by Crippen LogP contribution is -2.43. The van der Waals surface area contributed by atoms with E-state index < -0.39 is 0 Å². The molecule has 1 aromatic rings. The SMILES string of the molecule is CN1CCC(NC(=O)Cc2cccs2)CC1. The van der Waals surface area contributed by atoms with E-state index in [1.54, 1.807) is 11.3 Å². The third-order valence-electron chi connectivity index (χ3n) is 3.00. The van der Waals surface area contributed by atoms with Gasteiger partial charge >= 0.3 is 0 Å². The minimum Gasteiger partial charge on any atom is -0.353 e. The normalized spacial score (nSPS) is 18.6. The lowest BCUT2D eigenvalue weighted by atomic mass is 10.1. The smallest absolute Gasteiger partial charge is 0.225 e. The van der Waals surface area contributed by atoms with Crippen LogP contribution in [0.4, 0.5) is 0 Å². The largest absolute Gasteiger partial charge is 0.353 e. The number of likely N-dealkylation sites (tertiary alicyclic amines) is 1. The first kappa shape index (κ1) is 11.6. The minimum atomic E-state index is 0.164. The fourth-order valence-corrected chi connectivity index (χ4v) is 2.71. The second kappa shape index (κ2) is 5.46. The van der Waals surface area contributed by atoms with Crippen molar-refractivity contribution in [1.82, 2.24) is 10.2 Å². The maximum atomic E-state index is 11.7. The molecule has 0 bridgehead atoms. The molecular formula is C12H18N2OS. The maximum absolute atomic E-state index is 11.7. The van der Waals surface area contributed by atoms with E-state index >= 15 is 0 Å². The number of nitrogens with one attached hydrogen (secondary N) is 1. The lowest BCUT2D eigenvalue weighted by Gasteiger charge is -2.29. The average Bonchev–Trinajstić information content (AvgIpc) is 2.74. The van der Waals surface area contributed by atoms with Crippen LogP contribution in [0.1, 0.15) is 17.7 Å². The molecular weight excluding hydrogens is 220 g/mol. The molecule has 1 aromatic heterocycles. The van der Waals surface area contributed by atoms with E-state index in [4.69, 9.17) is 0 Å². The Morgan fingerprint density at radius 3 is 2.94 bits per heavy atom.